The van der Waals surface area contributed by atoms with Gasteiger partial charge >= 0.3 is 0 Å². The second kappa shape index (κ2) is 8.44. The summed E-state index contributed by atoms with van der Waals surface area (Å²) < 4.78 is 6.25. The van der Waals surface area contributed by atoms with Gasteiger partial charge in [0.25, 0.3) is 0 Å². The first-order valence-electron chi connectivity index (χ1n) is 12.2. The van der Waals surface area contributed by atoms with Crippen molar-refractivity contribution in [3.8, 4) is 11.1 Å². The van der Waals surface area contributed by atoms with E-state index in [0.29, 0.717) is 0 Å². The summed E-state index contributed by atoms with van der Waals surface area (Å²) in [5.41, 5.74) is 7.55. The van der Waals surface area contributed by atoms with Crippen molar-refractivity contribution >= 4 is 49.8 Å². The summed E-state index contributed by atoms with van der Waals surface area (Å²) in [4.78, 5) is 2.30. The quantitative estimate of drug-likeness (QED) is 0.259. The standard InChI is InChI=1S/C34H23NO/c1-3-9-24(10-4-1)25-15-18-28(19-16-25)35(27-12-5-2-6-13-27)29-20-22-32-31(23-29)34-30-14-8-7-11-26(30)17-21-33(34)36-32/h1-23H. The molecule has 0 radical (unpaired) electrons. The van der Waals surface area contributed by atoms with Crippen molar-refractivity contribution in [1.82, 2.24) is 0 Å². The molecule has 0 aliphatic rings. The maximum Gasteiger partial charge on any atom is 0.136 e. The summed E-state index contributed by atoms with van der Waals surface area (Å²) in [7, 11) is 0. The molecule has 7 rings (SSSR count). The van der Waals surface area contributed by atoms with Crippen LogP contribution in [0.5, 0.6) is 0 Å². The van der Waals surface area contributed by atoms with E-state index in [1.165, 1.54) is 21.9 Å². The molecule has 0 amide bonds. The van der Waals surface area contributed by atoms with Crippen molar-refractivity contribution in [3.05, 3.63) is 140 Å². The molecule has 170 valence electrons. The van der Waals surface area contributed by atoms with Gasteiger partial charge in [0, 0.05) is 27.8 Å². The highest BCUT2D eigenvalue weighted by molar-refractivity contribution is 6.19. The number of furan rings is 1. The number of rotatable bonds is 4. The van der Waals surface area contributed by atoms with Gasteiger partial charge in [-0.25, -0.2) is 0 Å². The molecule has 1 aromatic heterocycles. The molecule has 0 fully saturated rings. The maximum absolute atomic E-state index is 6.25. The fourth-order valence-corrected chi connectivity index (χ4v) is 5.13. The van der Waals surface area contributed by atoms with Gasteiger partial charge in [-0.1, -0.05) is 91.0 Å². The van der Waals surface area contributed by atoms with E-state index in [1.807, 2.05) is 6.07 Å². The average Bonchev–Trinajstić information content (AvgIpc) is 3.33. The van der Waals surface area contributed by atoms with Gasteiger partial charge in [-0.05, 0) is 70.4 Å². The largest absolute Gasteiger partial charge is 0.456 e. The topological polar surface area (TPSA) is 16.4 Å². The first-order chi connectivity index (χ1) is 17.8. The Kier molecular flexibility index (Phi) is 4.82. The van der Waals surface area contributed by atoms with Crippen LogP contribution in [-0.4, -0.2) is 0 Å². The average molecular weight is 462 g/mol. The van der Waals surface area contributed by atoms with E-state index in [0.717, 1.165) is 39.0 Å². The molecule has 0 aliphatic carbocycles. The van der Waals surface area contributed by atoms with Gasteiger partial charge in [0.1, 0.15) is 11.2 Å². The molecule has 7 aromatic rings. The van der Waals surface area contributed by atoms with Gasteiger partial charge in [-0.15, -0.1) is 0 Å². The summed E-state index contributed by atoms with van der Waals surface area (Å²) in [6, 6.07) is 49.0. The fraction of sp³-hybridized carbons (Fsp3) is 0. The highest BCUT2D eigenvalue weighted by Gasteiger charge is 2.16. The van der Waals surface area contributed by atoms with Gasteiger partial charge < -0.3 is 9.32 Å². The van der Waals surface area contributed by atoms with E-state index in [2.05, 4.69) is 138 Å². The normalized spacial score (nSPS) is 11.3. The molecule has 6 aromatic carbocycles. The Morgan fingerprint density at radius 1 is 0.417 bits per heavy atom. The third kappa shape index (κ3) is 3.43. The second-order valence-corrected chi connectivity index (χ2v) is 9.03. The Balaban J connectivity index is 1.41. The summed E-state index contributed by atoms with van der Waals surface area (Å²) in [5.74, 6) is 0. The first kappa shape index (κ1) is 20.5. The lowest BCUT2D eigenvalue weighted by Gasteiger charge is -2.25. The Hall–Kier alpha value is -4.82. The van der Waals surface area contributed by atoms with Gasteiger partial charge in [0.2, 0.25) is 0 Å². The molecule has 0 N–H and O–H groups in total. The molecule has 0 atom stereocenters. The van der Waals surface area contributed by atoms with E-state index in [-0.39, 0.29) is 0 Å². The van der Waals surface area contributed by atoms with Crippen LogP contribution in [0.25, 0.3) is 43.8 Å². The third-order valence-corrected chi connectivity index (χ3v) is 6.85. The molecule has 2 heteroatoms. The van der Waals surface area contributed by atoms with E-state index >= 15 is 0 Å². The second-order valence-electron chi connectivity index (χ2n) is 9.03. The molecule has 0 unspecified atom stereocenters. The Labute approximate surface area is 209 Å². The lowest BCUT2D eigenvalue weighted by atomic mass is 10.0. The highest BCUT2D eigenvalue weighted by Crippen LogP contribution is 2.40. The fourth-order valence-electron chi connectivity index (χ4n) is 5.13. The van der Waals surface area contributed by atoms with Crippen LogP contribution in [0, 0.1) is 0 Å². The van der Waals surface area contributed by atoms with E-state index in [1.54, 1.807) is 0 Å². The van der Waals surface area contributed by atoms with Crippen LogP contribution < -0.4 is 4.90 Å². The lowest BCUT2D eigenvalue weighted by Crippen LogP contribution is -2.09. The van der Waals surface area contributed by atoms with Crippen LogP contribution in [0.4, 0.5) is 17.1 Å². The SMILES string of the molecule is c1ccc(-c2ccc(N(c3ccccc3)c3ccc4oc5ccc6ccccc6c5c4c3)cc2)cc1. The van der Waals surface area contributed by atoms with Crippen LogP contribution in [0.15, 0.2) is 144 Å². The Bertz CT molecular complexity index is 1820. The number of hydrogen-bond donors (Lipinski definition) is 0. The third-order valence-electron chi connectivity index (χ3n) is 6.85. The van der Waals surface area contributed by atoms with Crippen LogP contribution >= 0.6 is 0 Å². The first-order valence-corrected chi connectivity index (χ1v) is 12.2. The molecular weight excluding hydrogens is 438 g/mol. The summed E-state index contributed by atoms with van der Waals surface area (Å²) in [6.07, 6.45) is 0. The predicted octanol–water partition coefficient (Wildman–Crippen LogP) is 9.88. The molecule has 0 bridgehead atoms. The van der Waals surface area contributed by atoms with Crippen molar-refractivity contribution in [2.75, 3.05) is 4.90 Å². The zero-order chi connectivity index (χ0) is 23.9. The molecule has 0 aliphatic heterocycles. The van der Waals surface area contributed by atoms with Crippen molar-refractivity contribution in [3.63, 3.8) is 0 Å². The number of benzene rings is 6. The van der Waals surface area contributed by atoms with E-state index < -0.39 is 0 Å². The lowest BCUT2D eigenvalue weighted by molar-refractivity contribution is 0.669. The predicted molar refractivity (Wildman–Crippen MR) is 151 cm³/mol. The maximum atomic E-state index is 6.25. The molecule has 2 nitrogen and oxygen atoms in total. The minimum absolute atomic E-state index is 0.901. The number of anilines is 3. The Morgan fingerprint density at radius 3 is 1.83 bits per heavy atom. The van der Waals surface area contributed by atoms with Crippen LogP contribution in [0.1, 0.15) is 0 Å². The molecular formula is C34H23NO. The summed E-state index contributed by atoms with van der Waals surface area (Å²) in [5, 5.41) is 4.72. The smallest absolute Gasteiger partial charge is 0.136 e. The van der Waals surface area contributed by atoms with E-state index in [4.69, 9.17) is 4.42 Å². The number of hydrogen-bond acceptors (Lipinski definition) is 2. The van der Waals surface area contributed by atoms with Crippen LogP contribution in [0.2, 0.25) is 0 Å². The number of para-hydroxylation sites is 1. The molecule has 1 heterocycles. The van der Waals surface area contributed by atoms with Gasteiger partial charge in [-0.3, -0.25) is 0 Å². The zero-order valence-electron chi connectivity index (χ0n) is 19.6. The van der Waals surface area contributed by atoms with Crippen molar-refractivity contribution in [1.29, 1.82) is 0 Å². The Morgan fingerprint density at radius 2 is 1.03 bits per heavy atom. The van der Waals surface area contributed by atoms with Gasteiger partial charge in [-0.2, -0.15) is 0 Å². The zero-order valence-corrected chi connectivity index (χ0v) is 19.6. The molecule has 0 saturated carbocycles. The molecule has 0 spiro atoms. The summed E-state index contributed by atoms with van der Waals surface area (Å²) >= 11 is 0. The van der Waals surface area contributed by atoms with Crippen LogP contribution in [-0.2, 0) is 0 Å². The van der Waals surface area contributed by atoms with Crippen molar-refractivity contribution < 1.29 is 4.42 Å². The minimum Gasteiger partial charge on any atom is -0.456 e. The van der Waals surface area contributed by atoms with Crippen molar-refractivity contribution in [2.24, 2.45) is 0 Å². The van der Waals surface area contributed by atoms with Crippen molar-refractivity contribution in [2.45, 2.75) is 0 Å². The van der Waals surface area contributed by atoms with Gasteiger partial charge in [0.15, 0.2) is 0 Å². The highest BCUT2D eigenvalue weighted by atomic mass is 16.3. The molecule has 0 saturated heterocycles. The number of fused-ring (bicyclic) bond motifs is 5. The minimum atomic E-state index is 0.901. The molecule has 36 heavy (non-hydrogen) atoms. The van der Waals surface area contributed by atoms with Gasteiger partial charge in [0.05, 0.1) is 0 Å². The number of nitrogens with zero attached hydrogens (tertiary/aromatic N) is 1. The monoisotopic (exact) mass is 461 g/mol. The van der Waals surface area contributed by atoms with Crippen LogP contribution in [0.3, 0.4) is 0 Å². The van der Waals surface area contributed by atoms with E-state index in [9.17, 15) is 0 Å². The summed E-state index contributed by atoms with van der Waals surface area (Å²) in [6.45, 7) is 0.